The second-order valence-electron chi connectivity index (χ2n) is 4.87. The molecule has 0 spiro atoms. The van der Waals surface area contributed by atoms with Gasteiger partial charge in [-0.15, -0.1) is 0 Å². The van der Waals surface area contributed by atoms with Crippen LogP contribution in [0, 0.1) is 13.8 Å². The molecule has 1 aromatic carbocycles. The van der Waals surface area contributed by atoms with Crippen LogP contribution in [0.25, 0.3) is 0 Å². The fraction of sp³-hybridized carbons (Fsp3) is 0.438. The maximum absolute atomic E-state index is 4.40. The van der Waals surface area contributed by atoms with Crippen LogP contribution in [0.4, 0.5) is 0 Å². The Hall–Kier alpha value is -1.61. The van der Waals surface area contributed by atoms with E-state index < -0.39 is 0 Å². The molecule has 3 heteroatoms. The number of aryl methyl sites for hydroxylation is 3. The van der Waals surface area contributed by atoms with Gasteiger partial charge < -0.3 is 5.32 Å². The third kappa shape index (κ3) is 2.71. The smallest absolute Gasteiger partial charge is 0.0753 e. The zero-order valence-corrected chi connectivity index (χ0v) is 12.3. The molecule has 1 N–H and O–H groups in total. The first kappa shape index (κ1) is 13.8. The van der Waals surface area contributed by atoms with Crippen molar-refractivity contribution in [3.05, 3.63) is 52.8 Å². The van der Waals surface area contributed by atoms with Gasteiger partial charge in [0, 0.05) is 12.7 Å². The molecule has 0 saturated carbocycles. The lowest BCUT2D eigenvalue weighted by molar-refractivity contribution is 0.539. The van der Waals surface area contributed by atoms with Gasteiger partial charge in [-0.05, 0) is 50.1 Å². The Morgan fingerprint density at radius 3 is 2.42 bits per heavy atom. The van der Waals surface area contributed by atoms with Gasteiger partial charge in [0.15, 0.2) is 0 Å². The molecular weight excluding hydrogens is 234 g/mol. The minimum atomic E-state index is 0.216. The minimum absolute atomic E-state index is 0.216. The lowest BCUT2D eigenvalue weighted by atomic mass is 9.94. The van der Waals surface area contributed by atoms with Crippen molar-refractivity contribution in [2.75, 3.05) is 6.54 Å². The summed E-state index contributed by atoms with van der Waals surface area (Å²) < 4.78 is 2.07. The molecule has 0 amide bonds. The van der Waals surface area contributed by atoms with Crippen molar-refractivity contribution >= 4 is 0 Å². The summed E-state index contributed by atoms with van der Waals surface area (Å²) in [5, 5.41) is 8.00. The second-order valence-corrected chi connectivity index (χ2v) is 4.87. The summed E-state index contributed by atoms with van der Waals surface area (Å²) in [5.41, 5.74) is 5.27. The van der Waals surface area contributed by atoms with E-state index in [0.717, 1.165) is 13.1 Å². The van der Waals surface area contributed by atoms with E-state index in [4.69, 9.17) is 0 Å². The predicted octanol–water partition coefficient (Wildman–Crippen LogP) is 3.22. The van der Waals surface area contributed by atoms with Crippen LogP contribution in [0.2, 0.25) is 0 Å². The van der Waals surface area contributed by atoms with Crippen molar-refractivity contribution in [3.63, 3.8) is 0 Å². The van der Waals surface area contributed by atoms with E-state index >= 15 is 0 Å². The molecule has 102 valence electrons. The topological polar surface area (TPSA) is 29.9 Å². The van der Waals surface area contributed by atoms with Gasteiger partial charge in [-0.25, -0.2) is 0 Å². The number of hydrogen-bond acceptors (Lipinski definition) is 2. The molecule has 0 aliphatic rings. The van der Waals surface area contributed by atoms with Crippen LogP contribution < -0.4 is 5.32 Å². The van der Waals surface area contributed by atoms with Crippen LogP contribution in [0.15, 0.2) is 30.5 Å². The standard InChI is InChI=1S/C16H23N3/c1-5-17-16(14-10-11-18-19(14)6-2)15-12(3)8-7-9-13(15)4/h7-11,16-17H,5-6H2,1-4H3. The molecule has 1 atom stereocenters. The Balaban J connectivity index is 2.52. The van der Waals surface area contributed by atoms with E-state index in [2.05, 4.69) is 67.1 Å². The number of nitrogens with one attached hydrogen (secondary N) is 1. The van der Waals surface area contributed by atoms with Crippen molar-refractivity contribution in [1.82, 2.24) is 15.1 Å². The Morgan fingerprint density at radius 2 is 1.84 bits per heavy atom. The molecule has 2 rings (SSSR count). The van der Waals surface area contributed by atoms with Gasteiger partial charge in [0.2, 0.25) is 0 Å². The van der Waals surface area contributed by atoms with Crippen molar-refractivity contribution < 1.29 is 0 Å². The Kier molecular flexibility index (Phi) is 4.38. The van der Waals surface area contributed by atoms with Crippen molar-refractivity contribution in [2.45, 2.75) is 40.3 Å². The van der Waals surface area contributed by atoms with Gasteiger partial charge in [0.05, 0.1) is 11.7 Å². The summed E-state index contributed by atoms with van der Waals surface area (Å²) >= 11 is 0. The molecule has 1 aromatic heterocycles. The van der Waals surface area contributed by atoms with Crippen LogP contribution in [-0.4, -0.2) is 16.3 Å². The minimum Gasteiger partial charge on any atom is -0.305 e. The van der Waals surface area contributed by atoms with Crippen LogP contribution in [0.3, 0.4) is 0 Å². The maximum Gasteiger partial charge on any atom is 0.0753 e. The summed E-state index contributed by atoms with van der Waals surface area (Å²) in [4.78, 5) is 0. The molecule has 3 nitrogen and oxygen atoms in total. The molecule has 2 aromatic rings. The van der Waals surface area contributed by atoms with Crippen LogP contribution >= 0.6 is 0 Å². The van der Waals surface area contributed by atoms with Gasteiger partial charge >= 0.3 is 0 Å². The van der Waals surface area contributed by atoms with E-state index in [9.17, 15) is 0 Å². The lowest BCUT2D eigenvalue weighted by Crippen LogP contribution is -2.26. The fourth-order valence-electron chi connectivity index (χ4n) is 2.69. The van der Waals surface area contributed by atoms with E-state index in [-0.39, 0.29) is 6.04 Å². The Morgan fingerprint density at radius 1 is 1.16 bits per heavy atom. The highest BCUT2D eigenvalue weighted by molar-refractivity contribution is 5.40. The van der Waals surface area contributed by atoms with E-state index in [1.807, 2.05) is 6.20 Å². The first-order chi connectivity index (χ1) is 9.19. The SMILES string of the molecule is CCNC(c1c(C)cccc1C)c1ccnn1CC. The first-order valence-electron chi connectivity index (χ1n) is 7.00. The van der Waals surface area contributed by atoms with Crippen LogP contribution in [0.5, 0.6) is 0 Å². The molecule has 0 bridgehead atoms. The van der Waals surface area contributed by atoms with Gasteiger partial charge in [-0.3, -0.25) is 4.68 Å². The molecule has 0 aliphatic carbocycles. The zero-order valence-electron chi connectivity index (χ0n) is 12.3. The summed E-state index contributed by atoms with van der Waals surface area (Å²) in [6, 6.07) is 8.81. The van der Waals surface area contributed by atoms with Crippen molar-refractivity contribution in [1.29, 1.82) is 0 Å². The molecule has 1 heterocycles. The van der Waals surface area contributed by atoms with Gasteiger partial charge in [0.1, 0.15) is 0 Å². The Bertz CT molecular complexity index is 522. The molecule has 1 unspecified atom stereocenters. The monoisotopic (exact) mass is 257 g/mol. The maximum atomic E-state index is 4.40. The molecule has 0 radical (unpaired) electrons. The summed E-state index contributed by atoms with van der Waals surface area (Å²) in [6.45, 7) is 10.5. The summed E-state index contributed by atoms with van der Waals surface area (Å²) in [7, 11) is 0. The van der Waals surface area contributed by atoms with Crippen LogP contribution in [0.1, 0.15) is 42.3 Å². The van der Waals surface area contributed by atoms with E-state index in [1.165, 1.54) is 22.4 Å². The lowest BCUT2D eigenvalue weighted by Gasteiger charge is -2.23. The molecule has 0 saturated heterocycles. The van der Waals surface area contributed by atoms with Gasteiger partial charge in [0.25, 0.3) is 0 Å². The number of hydrogen-bond donors (Lipinski definition) is 1. The third-order valence-corrected chi connectivity index (χ3v) is 3.58. The zero-order chi connectivity index (χ0) is 13.8. The highest BCUT2D eigenvalue weighted by atomic mass is 15.3. The second kappa shape index (κ2) is 6.02. The molecule has 0 fully saturated rings. The predicted molar refractivity (Wildman–Crippen MR) is 79.3 cm³/mol. The van der Waals surface area contributed by atoms with E-state index in [0.29, 0.717) is 0 Å². The average molecular weight is 257 g/mol. The Labute approximate surface area is 115 Å². The molecular formula is C16H23N3. The quantitative estimate of drug-likeness (QED) is 0.891. The number of nitrogens with zero attached hydrogens (tertiary/aromatic N) is 2. The van der Waals surface area contributed by atoms with Crippen molar-refractivity contribution in [2.24, 2.45) is 0 Å². The van der Waals surface area contributed by atoms with E-state index in [1.54, 1.807) is 0 Å². The number of rotatable bonds is 5. The van der Waals surface area contributed by atoms with Gasteiger partial charge in [-0.1, -0.05) is 25.1 Å². The molecule has 19 heavy (non-hydrogen) atoms. The average Bonchev–Trinajstić information content (AvgIpc) is 2.85. The van der Waals surface area contributed by atoms with Gasteiger partial charge in [-0.2, -0.15) is 5.10 Å². The third-order valence-electron chi connectivity index (χ3n) is 3.58. The largest absolute Gasteiger partial charge is 0.305 e. The normalized spacial score (nSPS) is 12.6. The number of aromatic nitrogens is 2. The highest BCUT2D eigenvalue weighted by Crippen LogP contribution is 2.27. The summed E-state index contributed by atoms with van der Waals surface area (Å²) in [6.07, 6.45) is 1.89. The van der Waals surface area contributed by atoms with Crippen molar-refractivity contribution in [3.8, 4) is 0 Å². The number of benzene rings is 1. The molecule has 0 aliphatic heterocycles. The fourth-order valence-corrected chi connectivity index (χ4v) is 2.69. The van der Waals surface area contributed by atoms with Crippen LogP contribution in [-0.2, 0) is 6.54 Å². The summed E-state index contributed by atoms with van der Waals surface area (Å²) in [5.74, 6) is 0. The highest BCUT2D eigenvalue weighted by Gasteiger charge is 2.20. The first-order valence-corrected chi connectivity index (χ1v) is 7.00.